The summed E-state index contributed by atoms with van der Waals surface area (Å²) in [5.41, 5.74) is 3.34. The third-order valence-corrected chi connectivity index (χ3v) is 3.54. The first-order chi connectivity index (χ1) is 8.34. The molecule has 3 nitrogen and oxygen atoms in total. The molecule has 2 heterocycles. The van der Waals surface area contributed by atoms with Crippen molar-refractivity contribution < 1.29 is 4.74 Å². The molecule has 1 N–H and O–H groups in total. The van der Waals surface area contributed by atoms with Crippen LogP contribution >= 0.6 is 11.6 Å². The molecule has 3 rings (SSSR count). The maximum atomic E-state index is 6.41. The molecule has 0 spiro atoms. The minimum Gasteiger partial charge on any atom is -0.493 e. The smallest absolute Gasteiger partial charge is 0.122 e. The molecule has 1 aliphatic heterocycles. The van der Waals surface area contributed by atoms with E-state index >= 15 is 0 Å². The lowest BCUT2D eigenvalue weighted by Gasteiger charge is -2.19. The Bertz CT molecular complexity index is 510. The number of hydrogen-bond donors (Lipinski definition) is 1. The van der Waals surface area contributed by atoms with Crippen molar-refractivity contribution in [1.29, 1.82) is 0 Å². The van der Waals surface area contributed by atoms with Crippen molar-refractivity contribution in [3.05, 3.63) is 47.3 Å². The van der Waals surface area contributed by atoms with Gasteiger partial charge in [0.2, 0.25) is 0 Å². The van der Waals surface area contributed by atoms with E-state index < -0.39 is 0 Å². The molecule has 4 heteroatoms. The summed E-state index contributed by atoms with van der Waals surface area (Å²) in [6.45, 7) is 0.818. The van der Waals surface area contributed by atoms with Crippen molar-refractivity contribution in [1.82, 2.24) is 10.2 Å². The maximum absolute atomic E-state index is 6.41. The number of benzene rings is 1. The molecule has 0 saturated heterocycles. The van der Waals surface area contributed by atoms with Crippen LogP contribution in [-0.2, 0) is 6.42 Å². The number of fused-ring (bicyclic) bond motifs is 1. The summed E-state index contributed by atoms with van der Waals surface area (Å²) in [4.78, 5) is 0. The van der Waals surface area contributed by atoms with Crippen LogP contribution in [0.15, 0.2) is 30.6 Å². The highest BCUT2D eigenvalue weighted by molar-refractivity contribution is 6.22. The van der Waals surface area contributed by atoms with Gasteiger partial charge >= 0.3 is 0 Å². The molecule has 2 aromatic rings. The molecule has 1 aromatic heterocycles. The summed E-state index contributed by atoms with van der Waals surface area (Å²) in [6.07, 6.45) is 5.73. The molecule has 0 radical (unpaired) electrons. The van der Waals surface area contributed by atoms with Crippen LogP contribution in [0.2, 0.25) is 0 Å². The Balaban J connectivity index is 1.93. The summed E-state index contributed by atoms with van der Waals surface area (Å²) < 4.78 is 5.59. The van der Waals surface area contributed by atoms with Crippen molar-refractivity contribution in [2.45, 2.75) is 18.2 Å². The first kappa shape index (κ1) is 10.7. The number of nitrogens with one attached hydrogen (secondary N) is 1. The van der Waals surface area contributed by atoms with Crippen molar-refractivity contribution in [2.75, 3.05) is 6.61 Å². The number of halogens is 1. The van der Waals surface area contributed by atoms with Crippen LogP contribution in [0.5, 0.6) is 5.75 Å². The fourth-order valence-corrected chi connectivity index (χ4v) is 2.38. The average Bonchev–Trinajstić information content (AvgIpc) is 2.91. The van der Waals surface area contributed by atoms with Crippen LogP contribution in [0.3, 0.4) is 0 Å². The van der Waals surface area contributed by atoms with Gasteiger partial charge in [0.25, 0.3) is 0 Å². The van der Waals surface area contributed by atoms with Gasteiger partial charge in [0.15, 0.2) is 0 Å². The monoisotopic (exact) mass is 248 g/mol. The Kier molecular flexibility index (Phi) is 2.77. The highest BCUT2D eigenvalue weighted by Gasteiger charge is 2.16. The lowest BCUT2D eigenvalue weighted by molar-refractivity contribution is 0.288. The molecule has 1 aliphatic rings. The average molecular weight is 249 g/mol. The number of nitrogens with zero attached hydrogens (tertiary/aromatic N) is 1. The number of H-pyrrole nitrogens is 1. The molecule has 88 valence electrons. The zero-order valence-corrected chi connectivity index (χ0v) is 10.1. The van der Waals surface area contributed by atoms with Gasteiger partial charge in [0.05, 0.1) is 18.2 Å². The molecule has 0 aliphatic carbocycles. The van der Waals surface area contributed by atoms with E-state index in [1.54, 1.807) is 6.20 Å². The van der Waals surface area contributed by atoms with E-state index in [1.165, 1.54) is 5.56 Å². The molecule has 0 saturated carbocycles. The Morgan fingerprint density at radius 3 is 3.12 bits per heavy atom. The normalized spacial score (nSPS) is 16.1. The summed E-state index contributed by atoms with van der Waals surface area (Å²) in [6, 6.07) is 6.17. The summed E-state index contributed by atoms with van der Waals surface area (Å²) in [5.74, 6) is 0.996. The van der Waals surface area contributed by atoms with E-state index in [-0.39, 0.29) is 5.38 Å². The maximum Gasteiger partial charge on any atom is 0.122 e. The van der Waals surface area contributed by atoms with Crippen LogP contribution in [-0.4, -0.2) is 16.8 Å². The summed E-state index contributed by atoms with van der Waals surface area (Å²) in [5, 5.41) is 6.55. The van der Waals surface area contributed by atoms with E-state index in [2.05, 4.69) is 16.3 Å². The first-order valence-corrected chi connectivity index (χ1v) is 6.16. The fourth-order valence-electron chi connectivity index (χ4n) is 2.13. The van der Waals surface area contributed by atoms with Gasteiger partial charge in [-0.05, 0) is 30.0 Å². The van der Waals surface area contributed by atoms with E-state index in [1.807, 2.05) is 18.3 Å². The number of aryl methyl sites for hydroxylation is 1. The molecule has 0 fully saturated rings. The van der Waals surface area contributed by atoms with E-state index in [0.717, 1.165) is 36.3 Å². The standard InChI is InChI=1S/C13H13ClN2O/c14-13(11-7-15-16-8-11)10-3-4-12-9(6-10)2-1-5-17-12/h3-4,6-8,13H,1-2,5H2,(H,15,16). The third-order valence-electron chi connectivity index (χ3n) is 3.04. The Hall–Kier alpha value is -1.48. The van der Waals surface area contributed by atoms with Gasteiger partial charge in [-0.2, -0.15) is 5.10 Å². The Morgan fingerprint density at radius 2 is 2.29 bits per heavy atom. The zero-order valence-electron chi connectivity index (χ0n) is 9.32. The topological polar surface area (TPSA) is 37.9 Å². The van der Waals surface area contributed by atoms with Gasteiger partial charge in [-0.3, -0.25) is 5.10 Å². The number of aromatic nitrogens is 2. The third kappa shape index (κ3) is 2.03. The Morgan fingerprint density at radius 1 is 1.35 bits per heavy atom. The van der Waals surface area contributed by atoms with Gasteiger partial charge in [-0.1, -0.05) is 12.1 Å². The first-order valence-electron chi connectivity index (χ1n) is 5.73. The van der Waals surface area contributed by atoms with Gasteiger partial charge in [0.1, 0.15) is 5.75 Å². The second-order valence-electron chi connectivity index (χ2n) is 4.21. The zero-order chi connectivity index (χ0) is 11.7. The van der Waals surface area contributed by atoms with Gasteiger partial charge in [-0.25, -0.2) is 0 Å². The number of rotatable bonds is 2. The molecular weight excluding hydrogens is 236 g/mol. The minimum atomic E-state index is -0.152. The van der Waals surface area contributed by atoms with Crippen LogP contribution < -0.4 is 4.74 Å². The predicted molar refractivity (Wildman–Crippen MR) is 66.5 cm³/mol. The van der Waals surface area contributed by atoms with Crippen molar-refractivity contribution in [3.8, 4) is 5.75 Å². The highest BCUT2D eigenvalue weighted by Crippen LogP contribution is 2.33. The Labute approximate surface area is 105 Å². The van der Waals surface area contributed by atoms with Crippen molar-refractivity contribution in [3.63, 3.8) is 0 Å². The lowest BCUT2D eigenvalue weighted by Crippen LogP contribution is -2.08. The van der Waals surface area contributed by atoms with Gasteiger partial charge in [0, 0.05) is 11.8 Å². The second kappa shape index (κ2) is 4.41. The molecular formula is C13H13ClN2O. The molecule has 17 heavy (non-hydrogen) atoms. The number of hydrogen-bond acceptors (Lipinski definition) is 2. The van der Waals surface area contributed by atoms with E-state index in [9.17, 15) is 0 Å². The van der Waals surface area contributed by atoms with Crippen LogP contribution in [0, 0.1) is 0 Å². The summed E-state index contributed by atoms with van der Waals surface area (Å²) >= 11 is 6.41. The lowest BCUT2D eigenvalue weighted by atomic mass is 10.00. The van der Waals surface area contributed by atoms with Crippen LogP contribution in [0.25, 0.3) is 0 Å². The SMILES string of the molecule is ClC(c1cn[nH]c1)c1ccc2c(c1)CCCO2. The van der Waals surface area contributed by atoms with E-state index in [4.69, 9.17) is 16.3 Å². The van der Waals surface area contributed by atoms with Crippen LogP contribution in [0.1, 0.15) is 28.5 Å². The van der Waals surface area contributed by atoms with Gasteiger partial charge in [-0.15, -0.1) is 11.6 Å². The largest absolute Gasteiger partial charge is 0.493 e. The van der Waals surface area contributed by atoms with E-state index in [0.29, 0.717) is 0 Å². The fraction of sp³-hybridized carbons (Fsp3) is 0.308. The predicted octanol–water partition coefficient (Wildman–Crippen LogP) is 3.06. The summed E-state index contributed by atoms with van der Waals surface area (Å²) in [7, 11) is 0. The molecule has 1 atom stereocenters. The number of alkyl halides is 1. The molecule has 0 bridgehead atoms. The minimum absolute atomic E-state index is 0.152. The number of aromatic amines is 1. The second-order valence-corrected chi connectivity index (χ2v) is 4.65. The number of ether oxygens (including phenoxy) is 1. The van der Waals surface area contributed by atoms with Crippen LogP contribution in [0.4, 0.5) is 0 Å². The van der Waals surface area contributed by atoms with Crippen molar-refractivity contribution in [2.24, 2.45) is 0 Å². The molecule has 1 unspecified atom stereocenters. The highest BCUT2D eigenvalue weighted by atomic mass is 35.5. The van der Waals surface area contributed by atoms with Crippen molar-refractivity contribution >= 4 is 11.6 Å². The molecule has 1 aromatic carbocycles. The molecule has 0 amide bonds. The van der Waals surface area contributed by atoms with Gasteiger partial charge < -0.3 is 4.74 Å². The quantitative estimate of drug-likeness (QED) is 0.830.